The molecule has 0 N–H and O–H groups in total. The lowest BCUT2D eigenvalue weighted by molar-refractivity contribution is 0.725. The highest BCUT2D eigenvalue weighted by molar-refractivity contribution is 5.92. The van der Waals surface area contributed by atoms with Gasteiger partial charge in [0.25, 0.3) is 0 Å². The summed E-state index contributed by atoms with van der Waals surface area (Å²) < 4.78 is 2.38. The molecule has 8 aromatic carbocycles. The molecule has 3 nitrogen and oxygen atoms in total. The Morgan fingerprint density at radius 2 is 0.704 bits per heavy atom. The topological polar surface area (TPSA) is 11.4 Å². The maximum Gasteiger partial charge on any atom is 0.0742 e. The minimum Gasteiger partial charge on any atom is -0.316 e. The second kappa shape index (κ2) is 13.1. The molecule has 0 atom stereocenters. The number of anilines is 6. The summed E-state index contributed by atoms with van der Waals surface area (Å²) in [6.45, 7) is 0. The molecule has 2 heterocycles. The van der Waals surface area contributed by atoms with Crippen LogP contribution in [-0.4, -0.2) is 4.57 Å². The van der Waals surface area contributed by atoms with Crippen LogP contribution in [0.25, 0.3) is 16.6 Å². The molecule has 0 saturated carbocycles. The molecule has 0 aliphatic carbocycles. The molecule has 10 rings (SSSR count). The van der Waals surface area contributed by atoms with E-state index in [1.165, 1.54) is 38.8 Å². The number of benzene rings is 8. The monoisotopic (exact) mass is 691 g/mol. The molecule has 54 heavy (non-hydrogen) atoms. The van der Waals surface area contributed by atoms with Crippen molar-refractivity contribution in [3.8, 4) is 5.69 Å². The fourth-order valence-corrected chi connectivity index (χ4v) is 8.56. The summed E-state index contributed by atoms with van der Waals surface area (Å²) in [5.74, 6) is 0. The first kappa shape index (κ1) is 31.6. The molecule has 1 aliphatic rings. The van der Waals surface area contributed by atoms with Crippen molar-refractivity contribution >= 4 is 45.0 Å². The molecule has 0 fully saturated rings. The van der Waals surface area contributed by atoms with Gasteiger partial charge in [-0.25, -0.2) is 0 Å². The van der Waals surface area contributed by atoms with Gasteiger partial charge in [-0.05, 0) is 107 Å². The first-order valence-corrected chi connectivity index (χ1v) is 18.5. The molecule has 256 valence electrons. The predicted molar refractivity (Wildman–Crippen MR) is 225 cm³/mol. The first-order valence-electron chi connectivity index (χ1n) is 18.5. The highest BCUT2D eigenvalue weighted by Crippen LogP contribution is 2.53. The van der Waals surface area contributed by atoms with Crippen molar-refractivity contribution in [2.75, 3.05) is 9.80 Å². The number of nitrogens with zero attached hydrogens (tertiary/aromatic N) is 3. The molecule has 1 aromatic heterocycles. The largest absolute Gasteiger partial charge is 0.316 e. The van der Waals surface area contributed by atoms with Crippen LogP contribution in [0.3, 0.4) is 0 Å². The van der Waals surface area contributed by atoms with Crippen molar-refractivity contribution < 1.29 is 0 Å². The number of rotatable bonds is 8. The third-order valence-electron chi connectivity index (χ3n) is 10.9. The molecule has 3 heteroatoms. The van der Waals surface area contributed by atoms with Crippen LogP contribution in [0.4, 0.5) is 34.1 Å². The van der Waals surface area contributed by atoms with Crippen LogP contribution in [0, 0.1) is 0 Å². The zero-order valence-corrected chi connectivity index (χ0v) is 29.7. The van der Waals surface area contributed by atoms with Crippen LogP contribution >= 0.6 is 0 Å². The van der Waals surface area contributed by atoms with E-state index >= 15 is 0 Å². The number of para-hydroxylation sites is 6. The Morgan fingerprint density at radius 1 is 0.315 bits per heavy atom. The number of hydrogen-bond acceptors (Lipinski definition) is 2. The fourth-order valence-electron chi connectivity index (χ4n) is 8.56. The van der Waals surface area contributed by atoms with E-state index in [-0.39, 0.29) is 0 Å². The third-order valence-corrected chi connectivity index (χ3v) is 10.9. The Balaban J connectivity index is 1.19. The molecule has 0 unspecified atom stereocenters. The normalized spacial score (nSPS) is 12.6. The van der Waals surface area contributed by atoms with Gasteiger partial charge in [-0.1, -0.05) is 133 Å². The van der Waals surface area contributed by atoms with Crippen LogP contribution in [0.1, 0.15) is 22.3 Å². The molecule has 0 spiro atoms. The average Bonchev–Trinajstić information content (AvgIpc) is 3.69. The van der Waals surface area contributed by atoms with E-state index in [9.17, 15) is 0 Å². The number of fused-ring (bicyclic) bond motifs is 2. The van der Waals surface area contributed by atoms with Crippen molar-refractivity contribution in [3.05, 3.63) is 247 Å². The molecule has 0 radical (unpaired) electrons. The van der Waals surface area contributed by atoms with E-state index in [2.05, 4.69) is 239 Å². The predicted octanol–water partition coefficient (Wildman–Crippen LogP) is 13.3. The number of hydrogen-bond donors (Lipinski definition) is 0. The van der Waals surface area contributed by atoms with Gasteiger partial charge in [-0.3, -0.25) is 0 Å². The van der Waals surface area contributed by atoms with Gasteiger partial charge in [0, 0.05) is 45.7 Å². The molecule has 9 aromatic rings. The molecule has 0 amide bonds. The van der Waals surface area contributed by atoms with E-state index < -0.39 is 5.41 Å². The van der Waals surface area contributed by atoms with Gasteiger partial charge in [0.05, 0.1) is 16.6 Å². The molecule has 0 saturated heterocycles. The highest BCUT2D eigenvalue weighted by Gasteiger charge is 2.44. The van der Waals surface area contributed by atoms with Crippen LogP contribution in [-0.2, 0) is 5.41 Å². The van der Waals surface area contributed by atoms with Crippen molar-refractivity contribution in [1.29, 1.82) is 0 Å². The van der Waals surface area contributed by atoms with Crippen molar-refractivity contribution in [3.63, 3.8) is 0 Å². The SMILES string of the molecule is c1ccc(N(c2ccccc2)c2ccc(C3(c4ccc(N(c5ccccc5)c5ccccc5)cc4)c4ccccc4-n4ccc5cccc3c54)cc2)cc1. The summed E-state index contributed by atoms with van der Waals surface area (Å²) in [6, 6.07) is 78.9. The van der Waals surface area contributed by atoms with Gasteiger partial charge in [0.15, 0.2) is 0 Å². The zero-order valence-electron chi connectivity index (χ0n) is 29.7. The second-order valence-corrected chi connectivity index (χ2v) is 13.8. The zero-order chi connectivity index (χ0) is 35.9. The Kier molecular flexibility index (Phi) is 7.70. The van der Waals surface area contributed by atoms with Gasteiger partial charge in [0.2, 0.25) is 0 Å². The highest BCUT2D eigenvalue weighted by atomic mass is 15.1. The smallest absolute Gasteiger partial charge is 0.0742 e. The van der Waals surface area contributed by atoms with Gasteiger partial charge in [0.1, 0.15) is 0 Å². The van der Waals surface area contributed by atoms with E-state index in [1.807, 2.05) is 0 Å². The molecular weight excluding hydrogens is 655 g/mol. The van der Waals surface area contributed by atoms with Crippen LogP contribution in [0.2, 0.25) is 0 Å². The van der Waals surface area contributed by atoms with Crippen LogP contribution in [0.15, 0.2) is 225 Å². The Bertz CT molecular complexity index is 2480. The molecule has 0 bridgehead atoms. The summed E-state index contributed by atoms with van der Waals surface area (Å²) >= 11 is 0. The standard InChI is InChI=1S/C51H37N3/c1-5-17-41(18-6-1)53(42-19-7-2-8-20-42)45-32-28-39(29-33-45)51(47-25-13-14-27-49(47)52-37-36-38-16-15-26-48(51)50(38)52)40-30-34-46(35-31-40)54(43-21-9-3-10-22-43)44-23-11-4-12-24-44/h1-37H. The fraction of sp³-hybridized carbons (Fsp3) is 0.0196. The maximum absolute atomic E-state index is 2.38. The van der Waals surface area contributed by atoms with Gasteiger partial charge in [-0.2, -0.15) is 0 Å². The van der Waals surface area contributed by atoms with Crippen molar-refractivity contribution in [2.45, 2.75) is 5.41 Å². The second-order valence-electron chi connectivity index (χ2n) is 13.8. The van der Waals surface area contributed by atoms with Crippen LogP contribution < -0.4 is 9.80 Å². The lowest BCUT2D eigenvalue weighted by Gasteiger charge is -2.42. The third kappa shape index (κ3) is 5.05. The van der Waals surface area contributed by atoms with Crippen molar-refractivity contribution in [2.24, 2.45) is 0 Å². The minimum absolute atomic E-state index is 0.587. The lowest BCUT2D eigenvalue weighted by Crippen LogP contribution is -2.35. The number of aromatic nitrogens is 1. The van der Waals surface area contributed by atoms with E-state index in [1.54, 1.807) is 0 Å². The van der Waals surface area contributed by atoms with Gasteiger partial charge in [-0.15, -0.1) is 0 Å². The average molecular weight is 692 g/mol. The lowest BCUT2D eigenvalue weighted by atomic mass is 9.63. The van der Waals surface area contributed by atoms with Gasteiger partial charge < -0.3 is 14.4 Å². The first-order chi connectivity index (χ1) is 26.8. The maximum atomic E-state index is 2.38. The van der Waals surface area contributed by atoms with Crippen LogP contribution in [0.5, 0.6) is 0 Å². The van der Waals surface area contributed by atoms with Crippen molar-refractivity contribution in [1.82, 2.24) is 4.57 Å². The van der Waals surface area contributed by atoms with E-state index in [0.29, 0.717) is 0 Å². The molecular formula is C51H37N3. The summed E-state index contributed by atoms with van der Waals surface area (Å²) in [6.07, 6.45) is 2.22. The quantitative estimate of drug-likeness (QED) is 0.157. The van der Waals surface area contributed by atoms with E-state index in [0.717, 1.165) is 34.1 Å². The summed E-state index contributed by atoms with van der Waals surface area (Å²) in [5.41, 5.74) is 13.5. The van der Waals surface area contributed by atoms with Gasteiger partial charge >= 0.3 is 0 Å². The van der Waals surface area contributed by atoms with E-state index in [4.69, 9.17) is 0 Å². The Morgan fingerprint density at radius 3 is 1.17 bits per heavy atom. The summed E-state index contributed by atoms with van der Waals surface area (Å²) in [5, 5.41) is 1.23. The summed E-state index contributed by atoms with van der Waals surface area (Å²) in [7, 11) is 0. The minimum atomic E-state index is -0.587. The Hall–Kier alpha value is -7.10. The summed E-state index contributed by atoms with van der Waals surface area (Å²) in [4.78, 5) is 4.65. The Labute approximate surface area is 316 Å². The molecule has 1 aliphatic heterocycles.